The number of aromatic nitrogens is 1. The number of carboxylic acid groups (broad SMARTS) is 1. The summed E-state index contributed by atoms with van der Waals surface area (Å²) in [4.78, 5) is 22.6. The standard InChI is InChI=1S/C15H15NO3/c1-10-13(11(2)17)8-14(16(10)9-15(18)19)12-6-4-3-5-7-12/h3-8H,9H2,1-2H3,(H,18,19). The fourth-order valence-electron chi connectivity index (χ4n) is 2.19. The number of carbonyl (C=O) groups excluding carboxylic acids is 1. The smallest absolute Gasteiger partial charge is 0.323 e. The van der Waals surface area contributed by atoms with Gasteiger partial charge >= 0.3 is 5.97 Å². The molecule has 1 aromatic carbocycles. The Morgan fingerprint density at radius 3 is 2.37 bits per heavy atom. The molecule has 0 aliphatic rings. The minimum Gasteiger partial charge on any atom is -0.480 e. The zero-order chi connectivity index (χ0) is 14.0. The van der Waals surface area contributed by atoms with E-state index in [1.54, 1.807) is 17.6 Å². The molecule has 1 heterocycles. The molecule has 0 saturated heterocycles. The molecular formula is C15H15NO3. The molecule has 1 aromatic heterocycles. The summed E-state index contributed by atoms with van der Waals surface area (Å²) < 4.78 is 1.66. The second-order valence-electron chi connectivity index (χ2n) is 4.43. The highest BCUT2D eigenvalue weighted by atomic mass is 16.4. The van der Waals surface area contributed by atoms with E-state index in [9.17, 15) is 9.59 Å². The maximum Gasteiger partial charge on any atom is 0.323 e. The molecule has 0 bridgehead atoms. The van der Waals surface area contributed by atoms with E-state index in [0.717, 1.165) is 11.3 Å². The van der Waals surface area contributed by atoms with Crippen LogP contribution in [0.2, 0.25) is 0 Å². The fourth-order valence-corrected chi connectivity index (χ4v) is 2.19. The van der Waals surface area contributed by atoms with Gasteiger partial charge in [0.2, 0.25) is 0 Å². The lowest BCUT2D eigenvalue weighted by Gasteiger charge is -2.09. The van der Waals surface area contributed by atoms with Crippen molar-refractivity contribution < 1.29 is 14.7 Å². The van der Waals surface area contributed by atoms with E-state index in [1.165, 1.54) is 6.92 Å². The van der Waals surface area contributed by atoms with Gasteiger partial charge in [-0.3, -0.25) is 9.59 Å². The quantitative estimate of drug-likeness (QED) is 0.857. The van der Waals surface area contributed by atoms with Crippen molar-refractivity contribution in [1.82, 2.24) is 4.57 Å². The highest BCUT2D eigenvalue weighted by Gasteiger charge is 2.17. The van der Waals surface area contributed by atoms with Gasteiger partial charge in [-0.2, -0.15) is 0 Å². The van der Waals surface area contributed by atoms with Crippen LogP contribution in [-0.2, 0) is 11.3 Å². The molecule has 19 heavy (non-hydrogen) atoms. The lowest BCUT2D eigenvalue weighted by Crippen LogP contribution is -2.11. The Kier molecular flexibility index (Phi) is 3.51. The predicted octanol–water partition coefficient (Wildman–Crippen LogP) is 2.75. The van der Waals surface area contributed by atoms with Crippen molar-refractivity contribution in [2.75, 3.05) is 0 Å². The molecule has 4 heteroatoms. The molecule has 2 rings (SSSR count). The largest absolute Gasteiger partial charge is 0.480 e. The first-order valence-electron chi connectivity index (χ1n) is 5.99. The highest BCUT2D eigenvalue weighted by Crippen LogP contribution is 2.26. The Hall–Kier alpha value is -2.36. The van der Waals surface area contributed by atoms with Crippen LogP contribution in [0.4, 0.5) is 0 Å². The molecule has 1 N–H and O–H groups in total. The van der Waals surface area contributed by atoms with Crippen LogP contribution in [0.3, 0.4) is 0 Å². The summed E-state index contributed by atoms with van der Waals surface area (Å²) in [6.07, 6.45) is 0. The predicted molar refractivity (Wildman–Crippen MR) is 72.2 cm³/mol. The van der Waals surface area contributed by atoms with Crippen LogP contribution in [0.25, 0.3) is 11.3 Å². The zero-order valence-electron chi connectivity index (χ0n) is 10.9. The third-order valence-electron chi connectivity index (χ3n) is 3.11. The van der Waals surface area contributed by atoms with Crippen molar-refractivity contribution in [2.24, 2.45) is 0 Å². The molecule has 0 aliphatic heterocycles. The van der Waals surface area contributed by atoms with E-state index >= 15 is 0 Å². The summed E-state index contributed by atoms with van der Waals surface area (Å²) >= 11 is 0. The minimum atomic E-state index is -0.925. The SMILES string of the molecule is CC(=O)c1cc(-c2ccccc2)n(CC(=O)O)c1C. The second-order valence-corrected chi connectivity index (χ2v) is 4.43. The molecule has 0 atom stereocenters. The van der Waals surface area contributed by atoms with E-state index in [0.29, 0.717) is 11.3 Å². The second kappa shape index (κ2) is 5.10. The molecule has 0 aliphatic carbocycles. The summed E-state index contributed by atoms with van der Waals surface area (Å²) in [7, 11) is 0. The average molecular weight is 257 g/mol. The van der Waals surface area contributed by atoms with E-state index in [1.807, 2.05) is 30.3 Å². The number of ketones is 1. The first-order chi connectivity index (χ1) is 9.00. The maximum absolute atomic E-state index is 11.6. The van der Waals surface area contributed by atoms with E-state index in [2.05, 4.69) is 0 Å². The van der Waals surface area contributed by atoms with E-state index < -0.39 is 5.97 Å². The Labute approximate surface area is 111 Å². The third kappa shape index (κ3) is 2.57. The Balaban J connectivity index is 2.62. The van der Waals surface area contributed by atoms with E-state index in [-0.39, 0.29) is 12.3 Å². The number of Topliss-reactive ketones (excluding diaryl/α,β-unsaturated/α-hetero) is 1. The normalized spacial score (nSPS) is 10.4. The van der Waals surface area contributed by atoms with Gasteiger partial charge in [0.25, 0.3) is 0 Å². The summed E-state index contributed by atoms with van der Waals surface area (Å²) in [6.45, 7) is 3.11. The van der Waals surface area contributed by atoms with Crippen LogP contribution in [0.5, 0.6) is 0 Å². The summed E-state index contributed by atoms with van der Waals surface area (Å²) in [5, 5.41) is 9.00. The molecule has 2 aromatic rings. The fraction of sp³-hybridized carbons (Fsp3) is 0.200. The van der Waals surface area contributed by atoms with Gasteiger partial charge in [0.15, 0.2) is 5.78 Å². The minimum absolute atomic E-state index is 0.0566. The summed E-state index contributed by atoms with van der Waals surface area (Å²) in [6, 6.07) is 11.2. The molecule has 0 fully saturated rings. The molecule has 98 valence electrons. The lowest BCUT2D eigenvalue weighted by molar-refractivity contribution is -0.137. The molecule has 0 spiro atoms. The van der Waals surface area contributed by atoms with Gasteiger partial charge in [-0.05, 0) is 25.5 Å². The van der Waals surface area contributed by atoms with Gasteiger partial charge < -0.3 is 9.67 Å². The van der Waals surface area contributed by atoms with Crippen LogP contribution >= 0.6 is 0 Å². The van der Waals surface area contributed by atoms with Crippen LogP contribution in [0.15, 0.2) is 36.4 Å². The number of hydrogen-bond donors (Lipinski definition) is 1. The Morgan fingerprint density at radius 2 is 1.84 bits per heavy atom. The van der Waals surface area contributed by atoms with Crippen molar-refractivity contribution in [3.8, 4) is 11.3 Å². The summed E-state index contributed by atoms with van der Waals surface area (Å²) in [5.74, 6) is -0.982. The molecule has 0 radical (unpaired) electrons. The number of benzene rings is 1. The average Bonchev–Trinajstić information content (AvgIpc) is 2.68. The van der Waals surface area contributed by atoms with Crippen LogP contribution in [0.1, 0.15) is 23.0 Å². The van der Waals surface area contributed by atoms with Gasteiger partial charge in [-0.25, -0.2) is 0 Å². The van der Waals surface area contributed by atoms with Gasteiger partial charge in [-0.1, -0.05) is 30.3 Å². The van der Waals surface area contributed by atoms with Crippen LogP contribution < -0.4 is 0 Å². The lowest BCUT2D eigenvalue weighted by atomic mass is 10.1. The monoisotopic (exact) mass is 257 g/mol. The Morgan fingerprint density at radius 1 is 1.21 bits per heavy atom. The number of aliphatic carboxylic acids is 1. The third-order valence-corrected chi connectivity index (χ3v) is 3.11. The molecule has 4 nitrogen and oxygen atoms in total. The van der Waals surface area contributed by atoms with Crippen molar-refractivity contribution in [1.29, 1.82) is 0 Å². The molecule has 0 amide bonds. The number of hydrogen-bond acceptors (Lipinski definition) is 2. The van der Waals surface area contributed by atoms with Crippen molar-refractivity contribution >= 4 is 11.8 Å². The van der Waals surface area contributed by atoms with E-state index in [4.69, 9.17) is 5.11 Å². The molecular weight excluding hydrogens is 242 g/mol. The van der Waals surface area contributed by atoms with Gasteiger partial charge in [0.05, 0.1) is 0 Å². The number of rotatable bonds is 4. The highest BCUT2D eigenvalue weighted by molar-refractivity contribution is 5.97. The van der Waals surface area contributed by atoms with Crippen molar-refractivity contribution in [2.45, 2.75) is 20.4 Å². The van der Waals surface area contributed by atoms with Crippen LogP contribution in [-0.4, -0.2) is 21.4 Å². The van der Waals surface area contributed by atoms with Crippen molar-refractivity contribution in [3.05, 3.63) is 47.7 Å². The first-order valence-corrected chi connectivity index (χ1v) is 5.99. The number of carbonyl (C=O) groups is 2. The van der Waals surface area contributed by atoms with Gasteiger partial charge in [0, 0.05) is 17.0 Å². The molecule has 0 unspecified atom stereocenters. The topological polar surface area (TPSA) is 59.3 Å². The number of nitrogens with zero attached hydrogens (tertiary/aromatic N) is 1. The maximum atomic E-state index is 11.6. The first kappa shape index (κ1) is 13.1. The summed E-state index contributed by atoms with van der Waals surface area (Å²) in [5.41, 5.74) is 2.92. The Bertz CT molecular complexity index is 626. The van der Waals surface area contributed by atoms with Crippen LogP contribution in [0, 0.1) is 6.92 Å². The molecule has 0 saturated carbocycles. The van der Waals surface area contributed by atoms with Crippen molar-refractivity contribution in [3.63, 3.8) is 0 Å². The van der Waals surface area contributed by atoms with Gasteiger partial charge in [0.1, 0.15) is 6.54 Å². The van der Waals surface area contributed by atoms with Gasteiger partial charge in [-0.15, -0.1) is 0 Å². The number of carboxylic acids is 1. The zero-order valence-corrected chi connectivity index (χ0v) is 10.9.